The van der Waals surface area contributed by atoms with Crippen molar-refractivity contribution in [3.05, 3.63) is 53.9 Å². The number of nitrogens with two attached hydrogens (primary N) is 1. The number of pyridine rings is 1. The van der Waals surface area contributed by atoms with Crippen LogP contribution in [0.3, 0.4) is 0 Å². The highest BCUT2D eigenvalue weighted by Crippen LogP contribution is 2.25. The van der Waals surface area contributed by atoms with E-state index >= 15 is 0 Å². The standard InChI is InChI=1S/C13H13N3O3/c14-13(16-18)11-7-10(5-6-15-11)19-12-4-2-1-3-9(12)8-17/h1-7,17-18H,8H2,(H2,14,16). The Labute approximate surface area is 109 Å². The van der Waals surface area contributed by atoms with E-state index in [9.17, 15) is 5.11 Å². The Hall–Kier alpha value is -2.60. The first-order valence-electron chi connectivity index (χ1n) is 5.55. The molecule has 0 amide bonds. The number of hydrogen-bond donors (Lipinski definition) is 3. The van der Waals surface area contributed by atoms with Crippen LogP contribution in [-0.4, -0.2) is 21.1 Å². The molecule has 98 valence electrons. The van der Waals surface area contributed by atoms with E-state index in [1.807, 2.05) is 6.07 Å². The maximum Gasteiger partial charge on any atom is 0.188 e. The van der Waals surface area contributed by atoms with Crippen LogP contribution in [0.15, 0.2) is 47.8 Å². The van der Waals surface area contributed by atoms with Gasteiger partial charge in [0.2, 0.25) is 0 Å². The molecule has 0 aliphatic rings. The van der Waals surface area contributed by atoms with Gasteiger partial charge in [-0.2, -0.15) is 0 Å². The monoisotopic (exact) mass is 259 g/mol. The van der Waals surface area contributed by atoms with Crippen molar-refractivity contribution in [3.8, 4) is 11.5 Å². The minimum atomic E-state index is -0.117. The molecule has 0 atom stereocenters. The number of aliphatic hydroxyl groups excluding tert-OH is 1. The number of aromatic nitrogens is 1. The molecule has 6 nitrogen and oxygen atoms in total. The molecule has 1 heterocycles. The zero-order valence-electron chi connectivity index (χ0n) is 10.0. The number of benzene rings is 1. The summed E-state index contributed by atoms with van der Waals surface area (Å²) in [5.41, 5.74) is 6.43. The lowest BCUT2D eigenvalue weighted by Crippen LogP contribution is -2.14. The highest BCUT2D eigenvalue weighted by atomic mass is 16.5. The summed E-state index contributed by atoms with van der Waals surface area (Å²) < 4.78 is 5.64. The SMILES string of the molecule is NC(=NO)c1cc(Oc2ccccc2CO)ccn1. The number of amidine groups is 1. The summed E-state index contributed by atoms with van der Waals surface area (Å²) in [5, 5.41) is 20.7. The first-order chi connectivity index (χ1) is 9.24. The van der Waals surface area contributed by atoms with Crippen LogP contribution in [-0.2, 0) is 6.61 Å². The van der Waals surface area contributed by atoms with Gasteiger partial charge in [0.05, 0.1) is 6.61 Å². The van der Waals surface area contributed by atoms with Crippen LogP contribution in [0.2, 0.25) is 0 Å². The first-order valence-corrected chi connectivity index (χ1v) is 5.55. The van der Waals surface area contributed by atoms with Gasteiger partial charge < -0.3 is 20.8 Å². The minimum Gasteiger partial charge on any atom is -0.457 e. The van der Waals surface area contributed by atoms with Gasteiger partial charge in [-0.05, 0) is 12.1 Å². The third-order valence-electron chi connectivity index (χ3n) is 2.47. The van der Waals surface area contributed by atoms with Crippen molar-refractivity contribution < 1.29 is 15.1 Å². The summed E-state index contributed by atoms with van der Waals surface area (Å²) in [5.74, 6) is 0.931. The van der Waals surface area contributed by atoms with Gasteiger partial charge >= 0.3 is 0 Å². The predicted octanol–water partition coefficient (Wildman–Crippen LogP) is 1.46. The van der Waals surface area contributed by atoms with Crippen LogP contribution < -0.4 is 10.5 Å². The fourth-order valence-corrected chi connectivity index (χ4v) is 1.53. The van der Waals surface area contributed by atoms with Gasteiger partial charge in [-0.3, -0.25) is 4.98 Å². The minimum absolute atomic E-state index is 0.0964. The maximum atomic E-state index is 9.21. The summed E-state index contributed by atoms with van der Waals surface area (Å²) in [6.07, 6.45) is 1.49. The lowest BCUT2D eigenvalue weighted by atomic mass is 10.2. The molecule has 0 fully saturated rings. The van der Waals surface area contributed by atoms with Crippen LogP contribution in [0.4, 0.5) is 0 Å². The summed E-state index contributed by atoms with van der Waals surface area (Å²) in [7, 11) is 0. The zero-order valence-corrected chi connectivity index (χ0v) is 10.0. The maximum absolute atomic E-state index is 9.21. The molecule has 4 N–H and O–H groups in total. The van der Waals surface area contributed by atoms with E-state index in [1.165, 1.54) is 6.20 Å². The molecule has 1 aromatic heterocycles. The Kier molecular flexibility index (Phi) is 3.94. The second-order valence-corrected chi connectivity index (χ2v) is 3.73. The molecule has 1 aromatic carbocycles. The van der Waals surface area contributed by atoms with E-state index < -0.39 is 0 Å². The van der Waals surface area contributed by atoms with Gasteiger partial charge in [0.25, 0.3) is 0 Å². The number of aliphatic hydroxyl groups is 1. The highest BCUT2D eigenvalue weighted by molar-refractivity contribution is 5.95. The van der Waals surface area contributed by atoms with E-state index in [2.05, 4.69) is 10.1 Å². The Morgan fingerprint density at radius 2 is 2.11 bits per heavy atom. The van der Waals surface area contributed by atoms with Crippen molar-refractivity contribution in [3.63, 3.8) is 0 Å². The molecule has 0 spiro atoms. The Morgan fingerprint density at radius 3 is 2.84 bits per heavy atom. The molecule has 0 bridgehead atoms. The Morgan fingerprint density at radius 1 is 1.32 bits per heavy atom. The van der Waals surface area contributed by atoms with Gasteiger partial charge in [0.15, 0.2) is 5.84 Å². The second kappa shape index (κ2) is 5.83. The van der Waals surface area contributed by atoms with Gasteiger partial charge in [-0.25, -0.2) is 0 Å². The van der Waals surface area contributed by atoms with E-state index in [0.29, 0.717) is 22.8 Å². The van der Waals surface area contributed by atoms with Crippen molar-refractivity contribution in [2.45, 2.75) is 6.61 Å². The predicted molar refractivity (Wildman–Crippen MR) is 69.2 cm³/mol. The second-order valence-electron chi connectivity index (χ2n) is 3.73. The molecule has 0 radical (unpaired) electrons. The third kappa shape index (κ3) is 2.99. The first kappa shape index (κ1) is 12.8. The van der Waals surface area contributed by atoms with Crippen molar-refractivity contribution in [1.29, 1.82) is 0 Å². The molecular formula is C13H13N3O3. The molecule has 0 saturated heterocycles. The molecule has 0 saturated carbocycles. The fraction of sp³-hybridized carbons (Fsp3) is 0.0769. The van der Waals surface area contributed by atoms with Crippen molar-refractivity contribution >= 4 is 5.84 Å². The van der Waals surface area contributed by atoms with Gasteiger partial charge in [-0.15, -0.1) is 0 Å². The molecular weight excluding hydrogens is 246 g/mol. The van der Waals surface area contributed by atoms with Crippen LogP contribution >= 0.6 is 0 Å². The van der Waals surface area contributed by atoms with Crippen LogP contribution in [0, 0.1) is 0 Å². The lowest BCUT2D eigenvalue weighted by Gasteiger charge is -2.09. The quantitative estimate of drug-likeness (QED) is 0.334. The molecule has 19 heavy (non-hydrogen) atoms. The van der Waals surface area contributed by atoms with Crippen molar-refractivity contribution in [2.24, 2.45) is 10.9 Å². The van der Waals surface area contributed by atoms with Crippen molar-refractivity contribution in [1.82, 2.24) is 4.98 Å². The smallest absolute Gasteiger partial charge is 0.188 e. The number of hydrogen-bond acceptors (Lipinski definition) is 5. The molecule has 2 aromatic rings. The van der Waals surface area contributed by atoms with E-state index in [0.717, 1.165) is 0 Å². The van der Waals surface area contributed by atoms with Gasteiger partial charge in [0.1, 0.15) is 17.2 Å². The number of nitrogens with zero attached hydrogens (tertiary/aromatic N) is 2. The summed E-state index contributed by atoms with van der Waals surface area (Å²) in [6.45, 7) is -0.117. The largest absolute Gasteiger partial charge is 0.457 e. The molecule has 6 heteroatoms. The fourth-order valence-electron chi connectivity index (χ4n) is 1.53. The average molecular weight is 259 g/mol. The lowest BCUT2D eigenvalue weighted by molar-refractivity contribution is 0.276. The molecule has 0 unspecified atom stereocenters. The molecule has 0 aliphatic carbocycles. The van der Waals surface area contributed by atoms with Crippen LogP contribution in [0.1, 0.15) is 11.3 Å². The number of para-hydroxylation sites is 1. The van der Waals surface area contributed by atoms with E-state index in [1.54, 1.807) is 30.3 Å². The number of oxime groups is 1. The summed E-state index contributed by atoms with van der Waals surface area (Å²) in [4.78, 5) is 3.95. The Balaban J connectivity index is 2.28. The normalized spacial score (nSPS) is 11.3. The number of ether oxygens (including phenoxy) is 1. The third-order valence-corrected chi connectivity index (χ3v) is 2.47. The van der Waals surface area contributed by atoms with Crippen molar-refractivity contribution in [2.75, 3.05) is 0 Å². The highest BCUT2D eigenvalue weighted by Gasteiger charge is 2.06. The van der Waals surface area contributed by atoms with E-state index in [-0.39, 0.29) is 12.4 Å². The molecule has 2 rings (SSSR count). The zero-order chi connectivity index (χ0) is 13.7. The summed E-state index contributed by atoms with van der Waals surface area (Å²) in [6, 6.07) is 10.3. The average Bonchev–Trinajstić information content (AvgIpc) is 2.47. The van der Waals surface area contributed by atoms with E-state index in [4.69, 9.17) is 15.7 Å². The van der Waals surface area contributed by atoms with Crippen LogP contribution in [0.5, 0.6) is 11.5 Å². The van der Waals surface area contributed by atoms with Gasteiger partial charge in [-0.1, -0.05) is 23.4 Å². The van der Waals surface area contributed by atoms with Gasteiger partial charge in [0, 0.05) is 17.8 Å². The Bertz CT molecular complexity index is 599. The molecule has 0 aliphatic heterocycles. The summed E-state index contributed by atoms with van der Waals surface area (Å²) >= 11 is 0. The number of rotatable bonds is 4. The topological polar surface area (TPSA) is 101 Å². The van der Waals surface area contributed by atoms with Crippen LogP contribution in [0.25, 0.3) is 0 Å².